The Bertz CT molecular complexity index is 490. The molecule has 1 aliphatic heterocycles. The topological polar surface area (TPSA) is 36.9 Å². The molecule has 0 saturated carbocycles. The average molecular weight is 433 g/mol. The number of halogens is 1. The number of hydrogen-bond acceptors (Lipinski definition) is 3. The molecule has 1 aliphatic rings. The number of para-hydroxylation sites is 1. The molecule has 6 heteroatoms. The molecule has 0 aromatic heterocycles. The monoisotopic (exact) mass is 433 g/mol. The predicted octanol–water partition coefficient (Wildman–Crippen LogP) is 3.07. The van der Waals surface area contributed by atoms with Gasteiger partial charge in [0.05, 0.1) is 3.57 Å². The van der Waals surface area contributed by atoms with Gasteiger partial charge in [0.25, 0.3) is 0 Å². The summed E-state index contributed by atoms with van der Waals surface area (Å²) in [6, 6.07) is 8.21. The van der Waals surface area contributed by atoms with Gasteiger partial charge >= 0.3 is 0 Å². The van der Waals surface area contributed by atoms with Crippen LogP contribution < -0.4 is 10.1 Å². The Balaban J connectivity index is 1.81. The number of nitrogens with zero attached hydrogens (tertiary/aromatic N) is 2. The number of guanidine groups is 1. The highest BCUT2D eigenvalue weighted by molar-refractivity contribution is 14.1. The van der Waals surface area contributed by atoms with Gasteiger partial charge in [-0.05, 0) is 41.0 Å². The molecule has 22 heavy (non-hydrogen) atoms. The maximum Gasteiger partial charge on any atom is 0.193 e. The molecule has 0 amide bonds. The van der Waals surface area contributed by atoms with Crippen molar-refractivity contribution < 1.29 is 4.74 Å². The molecule has 0 unspecified atom stereocenters. The quantitative estimate of drug-likeness (QED) is 0.335. The van der Waals surface area contributed by atoms with Crippen LogP contribution in [0, 0.1) is 3.57 Å². The molecule has 1 fully saturated rings. The van der Waals surface area contributed by atoms with Crippen molar-refractivity contribution in [2.24, 2.45) is 4.99 Å². The molecule has 0 spiro atoms. The number of rotatable bonds is 5. The minimum atomic E-state index is 0.302. The summed E-state index contributed by atoms with van der Waals surface area (Å²) >= 11 is 4.18. The lowest BCUT2D eigenvalue weighted by Gasteiger charge is -2.34. The minimum absolute atomic E-state index is 0.302. The van der Waals surface area contributed by atoms with Crippen LogP contribution in [0.25, 0.3) is 0 Å². The van der Waals surface area contributed by atoms with Crippen molar-refractivity contribution in [3.8, 4) is 5.75 Å². The normalized spacial score (nSPS) is 16.7. The van der Waals surface area contributed by atoms with Crippen LogP contribution in [-0.4, -0.2) is 55.7 Å². The van der Waals surface area contributed by atoms with Crippen LogP contribution in [0.15, 0.2) is 29.3 Å². The van der Waals surface area contributed by atoms with E-state index in [1.807, 2.05) is 30.9 Å². The van der Waals surface area contributed by atoms with Crippen LogP contribution in [0.5, 0.6) is 5.75 Å². The highest BCUT2D eigenvalue weighted by atomic mass is 127. The molecular formula is C16H24IN3OS. The summed E-state index contributed by atoms with van der Waals surface area (Å²) in [5, 5.41) is 3.43. The largest absolute Gasteiger partial charge is 0.489 e. The van der Waals surface area contributed by atoms with E-state index in [2.05, 4.69) is 56.2 Å². The summed E-state index contributed by atoms with van der Waals surface area (Å²) in [6.45, 7) is 2.95. The number of benzene rings is 1. The maximum atomic E-state index is 6.15. The maximum absolute atomic E-state index is 6.15. The molecule has 0 atom stereocenters. The Morgan fingerprint density at radius 1 is 1.41 bits per heavy atom. The lowest BCUT2D eigenvalue weighted by molar-refractivity contribution is 0.128. The van der Waals surface area contributed by atoms with E-state index in [9.17, 15) is 0 Å². The third-order valence-corrected chi connectivity index (χ3v) is 5.18. The summed E-state index contributed by atoms with van der Waals surface area (Å²) in [5.74, 6) is 3.12. The number of piperidine rings is 1. The lowest BCUT2D eigenvalue weighted by atomic mass is 10.1. The zero-order valence-corrected chi connectivity index (χ0v) is 16.2. The van der Waals surface area contributed by atoms with Crippen molar-refractivity contribution in [3.63, 3.8) is 0 Å². The molecule has 2 rings (SSSR count). The Hall–Kier alpha value is -0.630. The zero-order chi connectivity index (χ0) is 15.8. The first-order chi connectivity index (χ1) is 10.7. The second-order valence-corrected chi connectivity index (χ2v) is 7.35. The van der Waals surface area contributed by atoms with Crippen LogP contribution in [0.3, 0.4) is 0 Å². The Morgan fingerprint density at radius 3 is 2.77 bits per heavy atom. The molecule has 122 valence electrons. The van der Waals surface area contributed by atoms with E-state index in [0.29, 0.717) is 6.10 Å². The van der Waals surface area contributed by atoms with Crippen molar-refractivity contribution in [2.75, 3.05) is 38.7 Å². The second-order valence-electron chi connectivity index (χ2n) is 5.20. The van der Waals surface area contributed by atoms with Gasteiger partial charge in [0.2, 0.25) is 0 Å². The summed E-state index contributed by atoms with van der Waals surface area (Å²) in [5.41, 5.74) is 0. The molecule has 1 heterocycles. The molecule has 1 saturated heterocycles. The Labute approximate surface area is 151 Å². The van der Waals surface area contributed by atoms with Crippen LogP contribution in [0.4, 0.5) is 0 Å². The number of hydrogen-bond donors (Lipinski definition) is 1. The number of ether oxygens (including phenoxy) is 1. The van der Waals surface area contributed by atoms with Gasteiger partial charge in [0.15, 0.2) is 5.96 Å². The van der Waals surface area contributed by atoms with Crippen LogP contribution >= 0.6 is 34.4 Å². The summed E-state index contributed by atoms with van der Waals surface area (Å²) in [7, 11) is 1.86. The molecule has 0 aliphatic carbocycles. The van der Waals surface area contributed by atoms with E-state index in [1.54, 1.807) is 0 Å². The first-order valence-electron chi connectivity index (χ1n) is 7.60. The Morgan fingerprint density at radius 2 is 2.14 bits per heavy atom. The average Bonchev–Trinajstić information content (AvgIpc) is 2.55. The van der Waals surface area contributed by atoms with Crippen molar-refractivity contribution in [1.29, 1.82) is 0 Å². The lowest BCUT2D eigenvalue weighted by Crippen LogP contribution is -2.48. The van der Waals surface area contributed by atoms with Crippen molar-refractivity contribution in [2.45, 2.75) is 18.9 Å². The van der Waals surface area contributed by atoms with Gasteiger partial charge in [-0.25, -0.2) is 0 Å². The highest BCUT2D eigenvalue weighted by Crippen LogP contribution is 2.24. The van der Waals surface area contributed by atoms with Crippen LogP contribution in [0.1, 0.15) is 12.8 Å². The first kappa shape index (κ1) is 17.7. The fourth-order valence-corrected chi connectivity index (χ4v) is 3.32. The van der Waals surface area contributed by atoms with Crippen molar-refractivity contribution in [1.82, 2.24) is 10.2 Å². The zero-order valence-electron chi connectivity index (χ0n) is 13.2. The molecule has 1 aromatic carbocycles. The number of aliphatic imine (C=N–C) groups is 1. The Kier molecular flexibility index (Phi) is 7.65. The molecule has 1 N–H and O–H groups in total. The van der Waals surface area contributed by atoms with Gasteiger partial charge in [0, 0.05) is 45.3 Å². The third kappa shape index (κ3) is 5.22. The number of thioether (sulfide) groups is 1. The van der Waals surface area contributed by atoms with E-state index in [0.717, 1.165) is 49.9 Å². The van der Waals surface area contributed by atoms with Crippen LogP contribution in [-0.2, 0) is 0 Å². The molecule has 0 radical (unpaired) electrons. The number of likely N-dealkylation sites (tertiary alicyclic amines) is 1. The highest BCUT2D eigenvalue weighted by Gasteiger charge is 2.23. The van der Waals surface area contributed by atoms with Gasteiger partial charge < -0.3 is 15.0 Å². The molecule has 4 nitrogen and oxygen atoms in total. The van der Waals surface area contributed by atoms with E-state index in [1.165, 1.54) is 3.57 Å². The fourth-order valence-electron chi connectivity index (χ4n) is 2.50. The molecule has 0 bridgehead atoms. The fraction of sp³-hybridized carbons (Fsp3) is 0.562. The van der Waals surface area contributed by atoms with E-state index in [-0.39, 0.29) is 0 Å². The first-order valence-corrected chi connectivity index (χ1v) is 10.1. The molecule has 1 aromatic rings. The van der Waals surface area contributed by atoms with Gasteiger partial charge in [-0.15, -0.1) is 0 Å². The van der Waals surface area contributed by atoms with Gasteiger partial charge in [-0.1, -0.05) is 12.1 Å². The van der Waals surface area contributed by atoms with E-state index in [4.69, 9.17) is 4.74 Å². The molecular weight excluding hydrogens is 409 g/mol. The van der Waals surface area contributed by atoms with Gasteiger partial charge in [-0.2, -0.15) is 11.8 Å². The smallest absolute Gasteiger partial charge is 0.193 e. The predicted molar refractivity (Wildman–Crippen MR) is 104 cm³/mol. The number of nitrogens with one attached hydrogen (secondary N) is 1. The standard InChI is InChI=1S/C16H24IN3OS/c1-18-16(19-9-12-22-2)20-10-7-13(8-11-20)21-15-6-4-3-5-14(15)17/h3-6,13H,7-12H2,1-2H3,(H,18,19). The summed E-state index contributed by atoms with van der Waals surface area (Å²) in [4.78, 5) is 6.72. The minimum Gasteiger partial charge on any atom is -0.489 e. The van der Waals surface area contributed by atoms with Gasteiger partial charge in [0.1, 0.15) is 11.9 Å². The van der Waals surface area contributed by atoms with E-state index < -0.39 is 0 Å². The SMILES string of the molecule is CN=C(NCCSC)N1CCC(Oc2ccccc2I)CC1. The summed E-state index contributed by atoms with van der Waals surface area (Å²) in [6.07, 6.45) is 4.50. The van der Waals surface area contributed by atoms with Crippen LogP contribution in [0.2, 0.25) is 0 Å². The van der Waals surface area contributed by atoms with Crippen molar-refractivity contribution >= 4 is 40.3 Å². The van der Waals surface area contributed by atoms with Crippen molar-refractivity contribution in [3.05, 3.63) is 27.8 Å². The van der Waals surface area contributed by atoms with E-state index >= 15 is 0 Å². The second kappa shape index (κ2) is 9.50. The third-order valence-electron chi connectivity index (χ3n) is 3.67. The summed E-state index contributed by atoms with van der Waals surface area (Å²) < 4.78 is 7.33. The van der Waals surface area contributed by atoms with Gasteiger partial charge in [-0.3, -0.25) is 4.99 Å².